The van der Waals surface area contributed by atoms with Gasteiger partial charge in [0.2, 0.25) is 0 Å². The maximum Gasteiger partial charge on any atom is 0.733 e. The Morgan fingerprint density at radius 3 is 0.480 bits per heavy atom. The smallest absolute Gasteiger partial charge is 0.478 e. The summed E-state index contributed by atoms with van der Waals surface area (Å²) in [5, 5.41) is 0. The zero-order valence-electron chi connectivity index (χ0n) is 90.9. The van der Waals surface area contributed by atoms with Crippen LogP contribution in [-0.4, -0.2) is 35.5 Å². The molecule has 8 heterocycles. The van der Waals surface area contributed by atoms with Crippen molar-refractivity contribution >= 4 is 127 Å². The van der Waals surface area contributed by atoms with Crippen LogP contribution in [0.2, 0.25) is 0 Å². The van der Waals surface area contributed by atoms with Gasteiger partial charge in [0.1, 0.15) is 46.0 Å². The molecule has 148 heavy (non-hydrogen) atoms. The highest BCUT2D eigenvalue weighted by Gasteiger charge is 2.73. The number of para-hydroxylation sites is 8. The summed E-state index contributed by atoms with van der Waals surface area (Å²) in [5.41, 5.74) is 42.0. The molecular weight excluding hydrogens is 1890 g/mol. The highest BCUT2D eigenvalue weighted by Crippen LogP contribution is 2.62. The molecule has 16 aromatic rings. The van der Waals surface area contributed by atoms with Crippen LogP contribution in [0.1, 0.15) is 194 Å². The Morgan fingerprint density at radius 1 is 0.149 bits per heavy atom. The minimum Gasteiger partial charge on any atom is -0.478 e. The van der Waals surface area contributed by atoms with Crippen LogP contribution in [0.4, 0.5) is 91.0 Å². The second-order valence-electron chi connectivity index (χ2n) is 45.8. The van der Waals surface area contributed by atoms with E-state index in [1.165, 1.54) is 111 Å². The summed E-state index contributed by atoms with van der Waals surface area (Å²) in [4.78, 5) is 0. The van der Waals surface area contributed by atoms with Crippen molar-refractivity contribution in [2.24, 2.45) is 0 Å². The first-order valence-electron chi connectivity index (χ1n) is 51.8. The maximum absolute atomic E-state index is 7.15. The molecule has 24 rings (SSSR count). The van der Waals surface area contributed by atoms with Crippen LogP contribution >= 0.6 is 0 Å². The zero-order valence-corrected chi connectivity index (χ0v) is 94.9. The van der Waals surface area contributed by atoms with Crippen LogP contribution in [0, 0.1) is 111 Å². The van der Waals surface area contributed by atoms with Gasteiger partial charge in [0, 0.05) is 45.5 Å². The van der Waals surface area contributed by atoms with Gasteiger partial charge in [-0.25, -0.2) is 0 Å². The van der Waals surface area contributed by atoms with Crippen molar-refractivity contribution in [3.63, 3.8) is 0 Å². The van der Waals surface area contributed by atoms with Gasteiger partial charge in [-0.2, -0.15) is 0 Å². The molecular formula is C128H136N8O8Si4. The van der Waals surface area contributed by atoms with Gasteiger partial charge in [0.25, 0.3) is 0 Å². The number of rotatable bonds is 8. The fourth-order valence-electron chi connectivity index (χ4n) is 21.8. The average Bonchev–Trinajstić information content (AvgIpc) is 1.56. The van der Waals surface area contributed by atoms with Crippen LogP contribution in [0.25, 0.3) is 0 Å². The van der Waals surface area contributed by atoms with Crippen LogP contribution in [0.15, 0.2) is 315 Å². The zero-order chi connectivity index (χ0) is 104. The third-order valence-electron chi connectivity index (χ3n) is 29.7. The van der Waals surface area contributed by atoms with Gasteiger partial charge < -0.3 is 35.4 Å². The summed E-state index contributed by atoms with van der Waals surface area (Å²) in [6, 6.07) is 113. The van der Waals surface area contributed by atoms with Gasteiger partial charge in [-0.3, -0.25) is 36.5 Å². The molecule has 0 fully saturated rings. The third-order valence-corrected chi connectivity index (χ3v) is 42.1. The number of aryl methyl sites for hydroxylation is 16. The predicted octanol–water partition coefficient (Wildman–Crippen LogP) is 33.7. The van der Waals surface area contributed by atoms with Gasteiger partial charge in [-0.1, -0.05) is 204 Å². The van der Waals surface area contributed by atoms with Crippen molar-refractivity contribution in [1.29, 1.82) is 0 Å². The average molecular weight is 2030 g/mol. The molecule has 0 saturated heterocycles. The number of hydrogen-bond acceptors (Lipinski definition) is 16. The molecule has 0 aromatic heterocycles. The number of nitrogens with zero attached hydrogens (tertiary/aromatic N) is 8. The molecule has 0 N–H and O–H groups in total. The molecule has 20 heteroatoms. The molecule has 8 aliphatic heterocycles. The van der Waals surface area contributed by atoms with Gasteiger partial charge in [0.05, 0.1) is 45.5 Å². The van der Waals surface area contributed by atoms with Gasteiger partial charge in [-0.15, -0.1) is 0 Å². The van der Waals surface area contributed by atoms with E-state index in [1.54, 1.807) is 0 Å². The first-order valence-corrected chi connectivity index (χ1v) is 58.6. The number of hydrogen-bond donors (Lipinski definition) is 0. The maximum atomic E-state index is 7.15. The summed E-state index contributed by atoms with van der Waals surface area (Å²) in [7, 11) is -13.2. The fourth-order valence-corrected chi connectivity index (χ4v) is 35.5. The van der Waals surface area contributed by atoms with E-state index in [-0.39, 0.29) is 21.7 Å². The van der Waals surface area contributed by atoms with Gasteiger partial charge in [-0.05, 0) is 438 Å². The topological polar surface area (TPSA) is 99.8 Å². The van der Waals surface area contributed by atoms with E-state index in [9.17, 15) is 0 Å². The summed E-state index contributed by atoms with van der Waals surface area (Å²) >= 11 is 0. The van der Waals surface area contributed by atoms with E-state index in [2.05, 4.69) is 497 Å². The van der Waals surface area contributed by atoms with E-state index in [4.69, 9.17) is 35.4 Å². The van der Waals surface area contributed by atoms with Crippen molar-refractivity contribution < 1.29 is 35.4 Å². The van der Waals surface area contributed by atoms with Crippen molar-refractivity contribution in [2.45, 2.75) is 216 Å². The first kappa shape index (κ1) is 99.2. The third kappa shape index (κ3) is 17.4. The molecule has 4 spiro atoms. The lowest BCUT2D eigenvalue weighted by molar-refractivity contribution is 0.412. The Bertz CT molecular complexity index is 7400. The van der Waals surface area contributed by atoms with Crippen molar-refractivity contribution in [3.05, 3.63) is 427 Å². The second-order valence-corrected chi connectivity index (χ2v) is 55.4. The van der Waals surface area contributed by atoms with Crippen LogP contribution in [-0.2, 0) is 21.7 Å². The van der Waals surface area contributed by atoms with Gasteiger partial charge >= 0.3 is 35.5 Å². The van der Waals surface area contributed by atoms with Crippen molar-refractivity contribution in [2.75, 3.05) is 36.5 Å². The molecule has 0 bridgehead atoms. The Hall–Kier alpha value is -14.8. The van der Waals surface area contributed by atoms with E-state index >= 15 is 0 Å². The van der Waals surface area contributed by atoms with E-state index in [0.717, 1.165) is 137 Å². The minimum atomic E-state index is -3.37. The van der Waals surface area contributed by atoms with Crippen LogP contribution in [0.3, 0.4) is 0 Å². The molecule has 0 aliphatic carbocycles. The van der Waals surface area contributed by atoms with Gasteiger partial charge in [0.15, 0.2) is 0 Å². The Morgan fingerprint density at radius 2 is 0.297 bits per heavy atom. The molecule has 0 radical (unpaired) electrons. The summed E-state index contributed by atoms with van der Waals surface area (Å²) in [5.74, 6) is 6.90. The predicted molar refractivity (Wildman–Crippen MR) is 619 cm³/mol. The number of fused-ring (bicyclic) bond motifs is 8. The normalized spacial score (nSPS) is 15.4. The summed E-state index contributed by atoms with van der Waals surface area (Å²) in [6.07, 6.45) is 0. The summed E-state index contributed by atoms with van der Waals surface area (Å²) < 4.78 is 74.9. The molecule has 16 aromatic carbocycles. The fraction of sp³-hybridized carbons (Fsp3) is 0.250. The molecule has 0 atom stereocenters. The largest absolute Gasteiger partial charge is 0.733 e. The molecule has 752 valence electrons. The molecule has 0 saturated carbocycles. The lowest BCUT2D eigenvalue weighted by Crippen LogP contribution is -2.67. The standard InChI is InChI=1S/C36H42N2O2Si.2C32H34N2O2Si.C28H26N2O2Si/c1-23-19-31-33(21-25(23)3)39-41(37(31)29-15-11-27(12-16-29)35(5,6)7)38(30-17-13-28(14-18-30)36(8,9)10)32-20-24(2)26(4)22-34(32)40-41;1-19-9-20(2)12-27(11-19)33-29-15-23(5)25(7)17-31(29)35-37(33)34(28-13-21(3)10-22(4)14-28)30-16-24(6)26(8)18-32(30)36-37;1-31(2,3)23-15-19-25(20-16-23)33-27-11-7-9-13-29(27)35-37(33)34(28-12-8-10-14-30(28)36-37)26-21-17-24(18-22-26)32(4,5)6;1-19-13-20(2)16-23(15-19)29-25-9-5-7-11-27(25)31-33(29)30(24-17-21(3)14-22(4)18-24)26-10-6-8-12-28(26)32-33/h11-22H,1-10H3;9-18H,1-8H3;7-22H,1-6H3;5-18H,1-4H3. The number of anilines is 16. The van der Waals surface area contributed by atoms with Crippen LogP contribution in [0.5, 0.6) is 46.0 Å². The SMILES string of the molecule is CC(C)(C)c1ccc(N2c3ccccc3O[Si]23Oc2ccccc2N3c2ccc(C(C)(C)C)cc2)cc1.Cc1cc(C)cc(N2c3cc(C)c(C)cc3O[Si]23Oc2cc(C)c(C)cc2N3c2cc(C)cc(C)c2)c1.Cc1cc(C)cc(N2c3ccccc3O[Si]23Oc2ccccc2N3c2cc(C)cc(C)c2)c1.Cc1cc2c(cc1C)N(c1ccc(C(C)(C)C)cc1)[Si]1(O2)Oc2cc(C)c(C)cc2N1c1ccc(C(C)(C)C)cc1. The monoisotopic (exact) mass is 2020 g/mol. The first-order chi connectivity index (χ1) is 70.3. The lowest BCUT2D eigenvalue weighted by atomic mass is 9.87. The van der Waals surface area contributed by atoms with Crippen molar-refractivity contribution in [3.8, 4) is 46.0 Å². The van der Waals surface area contributed by atoms with E-state index in [0.29, 0.717) is 0 Å². The van der Waals surface area contributed by atoms with Crippen LogP contribution < -0.4 is 71.9 Å². The molecule has 8 aliphatic rings. The Balaban J connectivity index is 0.000000116. The highest BCUT2D eigenvalue weighted by atomic mass is 28.4. The Kier molecular flexibility index (Phi) is 24.6. The Labute approximate surface area is 880 Å². The summed E-state index contributed by atoms with van der Waals surface area (Å²) in [6.45, 7) is 61.4. The molecule has 16 nitrogen and oxygen atoms in total. The minimum absolute atomic E-state index is 0.0662. The number of benzene rings is 16. The van der Waals surface area contributed by atoms with E-state index in [1.807, 2.05) is 48.5 Å². The highest BCUT2D eigenvalue weighted by molar-refractivity contribution is 6.84. The molecule has 0 amide bonds. The lowest BCUT2D eigenvalue weighted by Gasteiger charge is -2.36. The van der Waals surface area contributed by atoms with Crippen molar-refractivity contribution in [1.82, 2.24) is 0 Å². The van der Waals surface area contributed by atoms with E-state index < -0.39 is 35.5 Å². The second kappa shape index (κ2) is 36.6. The quantitative estimate of drug-likeness (QED) is 0.135. The molecule has 0 unspecified atom stereocenters.